The number of benzene rings is 1. The van der Waals surface area contributed by atoms with E-state index in [0.717, 1.165) is 23.8 Å². The van der Waals surface area contributed by atoms with E-state index in [4.69, 9.17) is 4.74 Å². The molecule has 0 saturated carbocycles. The van der Waals surface area contributed by atoms with Gasteiger partial charge in [0.1, 0.15) is 11.9 Å². The Hall–Kier alpha value is -0.670. The molecule has 0 bridgehead atoms. The molecule has 3 rings (SSSR count). The van der Waals surface area contributed by atoms with Crippen molar-refractivity contribution in [2.75, 3.05) is 18.1 Å². The fraction of sp³-hybridized carbons (Fsp3) is 0.571. The van der Waals surface area contributed by atoms with Gasteiger partial charge in [-0.15, -0.1) is 0 Å². The predicted molar refractivity (Wildman–Crippen MR) is 72.8 cm³/mol. The van der Waals surface area contributed by atoms with Gasteiger partial charge in [-0.2, -0.15) is 11.8 Å². The van der Waals surface area contributed by atoms with Gasteiger partial charge in [0.25, 0.3) is 0 Å². The molecule has 1 N–H and O–H groups in total. The van der Waals surface area contributed by atoms with Crippen LogP contribution in [-0.4, -0.2) is 24.2 Å². The lowest BCUT2D eigenvalue weighted by atomic mass is 9.91. The molecule has 2 aliphatic heterocycles. The maximum absolute atomic E-state index is 5.86. The summed E-state index contributed by atoms with van der Waals surface area (Å²) < 4.78 is 5.86. The quantitative estimate of drug-likeness (QED) is 0.890. The van der Waals surface area contributed by atoms with Crippen molar-refractivity contribution in [2.45, 2.75) is 31.4 Å². The van der Waals surface area contributed by atoms with Crippen LogP contribution in [0.3, 0.4) is 0 Å². The first kappa shape index (κ1) is 11.4. The standard InChI is InChI=1S/C14H19NOS/c1-14(7-2-8-15-14)11-3-5-12(6-4-11)16-13-9-17-10-13/h3-6,13,15H,2,7-10H2,1H3. The monoisotopic (exact) mass is 249 g/mol. The van der Waals surface area contributed by atoms with Crippen molar-refractivity contribution < 1.29 is 4.74 Å². The van der Waals surface area contributed by atoms with Gasteiger partial charge in [0.2, 0.25) is 0 Å². The average molecular weight is 249 g/mol. The van der Waals surface area contributed by atoms with Gasteiger partial charge in [0.15, 0.2) is 0 Å². The van der Waals surface area contributed by atoms with Crippen LogP contribution in [0.4, 0.5) is 0 Å². The highest BCUT2D eigenvalue weighted by Crippen LogP contribution is 2.32. The van der Waals surface area contributed by atoms with Gasteiger partial charge in [-0.3, -0.25) is 0 Å². The molecule has 2 nitrogen and oxygen atoms in total. The first-order valence-electron chi connectivity index (χ1n) is 6.36. The Labute approximate surface area is 107 Å². The van der Waals surface area contributed by atoms with Crippen LogP contribution in [0.2, 0.25) is 0 Å². The van der Waals surface area contributed by atoms with E-state index in [-0.39, 0.29) is 5.54 Å². The Morgan fingerprint density at radius 1 is 1.29 bits per heavy atom. The van der Waals surface area contributed by atoms with E-state index in [1.807, 2.05) is 11.8 Å². The van der Waals surface area contributed by atoms with E-state index >= 15 is 0 Å². The lowest BCUT2D eigenvalue weighted by molar-refractivity contribution is 0.240. The number of hydrogen-bond donors (Lipinski definition) is 1. The zero-order chi connectivity index (χ0) is 11.7. The van der Waals surface area contributed by atoms with Crippen molar-refractivity contribution >= 4 is 11.8 Å². The second-order valence-electron chi connectivity index (χ2n) is 5.16. The summed E-state index contributed by atoms with van der Waals surface area (Å²) in [5.41, 5.74) is 1.55. The van der Waals surface area contributed by atoms with Gasteiger partial charge in [0.05, 0.1) is 0 Å². The summed E-state index contributed by atoms with van der Waals surface area (Å²) >= 11 is 1.95. The normalized spacial score (nSPS) is 29.0. The summed E-state index contributed by atoms with van der Waals surface area (Å²) in [6, 6.07) is 8.64. The van der Waals surface area contributed by atoms with Crippen molar-refractivity contribution in [3.8, 4) is 5.75 Å². The molecule has 0 spiro atoms. The van der Waals surface area contributed by atoms with Crippen molar-refractivity contribution in [3.63, 3.8) is 0 Å². The zero-order valence-electron chi connectivity index (χ0n) is 10.2. The molecule has 0 aliphatic carbocycles. The van der Waals surface area contributed by atoms with Crippen molar-refractivity contribution in [1.29, 1.82) is 0 Å². The van der Waals surface area contributed by atoms with Gasteiger partial charge >= 0.3 is 0 Å². The van der Waals surface area contributed by atoms with Gasteiger partial charge < -0.3 is 10.1 Å². The fourth-order valence-corrected chi connectivity index (χ4v) is 3.08. The number of nitrogens with one attached hydrogen (secondary N) is 1. The summed E-state index contributed by atoms with van der Waals surface area (Å²) in [5.74, 6) is 3.29. The number of ether oxygens (including phenoxy) is 1. The SMILES string of the molecule is CC1(c2ccc(OC3CSC3)cc2)CCCN1. The van der Waals surface area contributed by atoms with Crippen molar-refractivity contribution in [2.24, 2.45) is 0 Å². The molecule has 2 saturated heterocycles. The largest absolute Gasteiger partial charge is 0.489 e. The second kappa shape index (κ2) is 4.54. The fourth-order valence-electron chi connectivity index (χ4n) is 2.52. The van der Waals surface area contributed by atoms with Gasteiger partial charge in [-0.1, -0.05) is 12.1 Å². The molecule has 1 atom stereocenters. The third kappa shape index (κ3) is 2.31. The van der Waals surface area contributed by atoms with E-state index < -0.39 is 0 Å². The molecule has 92 valence electrons. The van der Waals surface area contributed by atoms with Crippen LogP contribution in [0.1, 0.15) is 25.3 Å². The second-order valence-corrected chi connectivity index (χ2v) is 6.24. The lowest BCUT2D eigenvalue weighted by Crippen LogP contribution is -2.33. The van der Waals surface area contributed by atoms with Crippen LogP contribution in [0.5, 0.6) is 5.75 Å². The van der Waals surface area contributed by atoms with Gasteiger partial charge in [-0.25, -0.2) is 0 Å². The summed E-state index contributed by atoms with van der Waals surface area (Å²) in [4.78, 5) is 0. The molecule has 2 heterocycles. The number of thioether (sulfide) groups is 1. The predicted octanol–water partition coefficient (Wildman–Crippen LogP) is 2.78. The Bertz CT molecular complexity index is 380. The summed E-state index contributed by atoms with van der Waals surface area (Å²) in [5, 5.41) is 3.59. The first-order chi connectivity index (χ1) is 8.26. The molecule has 3 heteroatoms. The van der Waals surface area contributed by atoms with Crippen molar-refractivity contribution in [1.82, 2.24) is 5.32 Å². The molecule has 1 unspecified atom stereocenters. The van der Waals surface area contributed by atoms with E-state index in [1.54, 1.807) is 0 Å². The maximum Gasteiger partial charge on any atom is 0.119 e. The molecule has 2 aliphatic rings. The van der Waals surface area contributed by atoms with Crippen LogP contribution in [-0.2, 0) is 5.54 Å². The van der Waals surface area contributed by atoms with Crippen LogP contribution < -0.4 is 10.1 Å². The average Bonchev–Trinajstić information content (AvgIpc) is 2.73. The smallest absolute Gasteiger partial charge is 0.119 e. The van der Waals surface area contributed by atoms with E-state index in [1.165, 1.54) is 18.4 Å². The lowest BCUT2D eigenvalue weighted by Gasteiger charge is -2.27. The van der Waals surface area contributed by atoms with E-state index in [2.05, 4.69) is 36.5 Å². The Kier molecular flexibility index (Phi) is 3.05. The minimum atomic E-state index is 0.171. The number of hydrogen-bond acceptors (Lipinski definition) is 3. The minimum Gasteiger partial charge on any atom is -0.489 e. The van der Waals surface area contributed by atoms with Gasteiger partial charge in [0, 0.05) is 17.0 Å². The molecule has 17 heavy (non-hydrogen) atoms. The maximum atomic E-state index is 5.86. The molecule has 1 aromatic carbocycles. The highest BCUT2D eigenvalue weighted by Gasteiger charge is 2.29. The Morgan fingerprint density at radius 2 is 2.06 bits per heavy atom. The van der Waals surface area contributed by atoms with E-state index in [0.29, 0.717) is 6.10 Å². The van der Waals surface area contributed by atoms with Gasteiger partial charge in [-0.05, 0) is 44.0 Å². The number of rotatable bonds is 3. The molecule has 2 fully saturated rings. The molecule has 0 amide bonds. The molecule has 0 aromatic heterocycles. The Morgan fingerprint density at radius 3 is 2.59 bits per heavy atom. The van der Waals surface area contributed by atoms with Crippen LogP contribution >= 0.6 is 11.8 Å². The van der Waals surface area contributed by atoms with Crippen LogP contribution in [0, 0.1) is 0 Å². The first-order valence-corrected chi connectivity index (χ1v) is 7.52. The topological polar surface area (TPSA) is 21.3 Å². The molecule has 0 radical (unpaired) electrons. The van der Waals surface area contributed by atoms with Crippen molar-refractivity contribution in [3.05, 3.63) is 29.8 Å². The molecular formula is C14H19NOS. The highest BCUT2D eigenvalue weighted by atomic mass is 32.2. The molecule has 1 aromatic rings. The summed E-state index contributed by atoms with van der Waals surface area (Å²) in [6.45, 7) is 3.42. The van der Waals surface area contributed by atoms with Crippen LogP contribution in [0.25, 0.3) is 0 Å². The zero-order valence-corrected chi connectivity index (χ0v) is 11.1. The summed E-state index contributed by atoms with van der Waals surface area (Å²) in [6.07, 6.45) is 2.94. The Balaban J connectivity index is 1.70. The molecular weight excluding hydrogens is 230 g/mol. The third-order valence-corrected chi connectivity index (χ3v) is 4.99. The summed E-state index contributed by atoms with van der Waals surface area (Å²) in [7, 11) is 0. The minimum absolute atomic E-state index is 0.171. The third-order valence-electron chi connectivity index (χ3n) is 3.77. The van der Waals surface area contributed by atoms with Crippen LogP contribution in [0.15, 0.2) is 24.3 Å². The van der Waals surface area contributed by atoms with E-state index in [9.17, 15) is 0 Å². The highest BCUT2D eigenvalue weighted by molar-refractivity contribution is 8.00.